The Morgan fingerprint density at radius 1 is 1.29 bits per heavy atom. The zero-order valence-corrected chi connectivity index (χ0v) is 16.8. The van der Waals surface area contributed by atoms with Crippen LogP contribution in [0.1, 0.15) is 31.9 Å². The second kappa shape index (κ2) is 9.79. The third kappa shape index (κ3) is 5.74. The summed E-state index contributed by atoms with van der Waals surface area (Å²) >= 11 is 0. The summed E-state index contributed by atoms with van der Waals surface area (Å²) in [6, 6.07) is 5.93. The van der Waals surface area contributed by atoms with Gasteiger partial charge in [-0.05, 0) is 30.7 Å². The van der Waals surface area contributed by atoms with E-state index in [0.29, 0.717) is 6.61 Å². The molecular formula is C18H25N3O6S. The number of hydrogen-bond acceptors (Lipinski definition) is 6. The van der Waals surface area contributed by atoms with Gasteiger partial charge in [-0.25, -0.2) is 13.2 Å². The first-order chi connectivity index (χ1) is 13.1. The van der Waals surface area contributed by atoms with Crippen LogP contribution in [-0.2, 0) is 20.0 Å². The Kier molecular flexibility index (Phi) is 8.05. The van der Waals surface area contributed by atoms with Crippen molar-refractivity contribution in [1.29, 1.82) is 0 Å². The van der Waals surface area contributed by atoms with E-state index in [4.69, 9.17) is 19.7 Å². The highest BCUT2D eigenvalue weighted by atomic mass is 32.2. The minimum absolute atomic E-state index is 0.0113. The maximum absolute atomic E-state index is 12.6. The monoisotopic (exact) mass is 411 g/mol. The molecule has 2 rings (SSSR count). The van der Waals surface area contributed by atoms with E-state index in [0.717, 1.165) is 11.1 Å². The van der Waals surface area contributed by atoms with E-state index in [1.54, 1.807) is 31.6 Å². The third-order valence-electron chi connectivity index (χ3n) is 3.98. The van der Waals surface area contributed by atoms with Gasteiger partial charge in [-0.15, -0.1) is 0 Å². The van der Waals surface area contributed by atoms with Gasteiger partial charge in [0.25, 0.3) is 0 Å². The molecule has 0 aliphatic carbocycles. The number of primary amides is 2. The lowest BCUT2D eigenvalue weighted by atomic mass is 9.79. The van der Waals surface area contributed by atoms with Gasteiger partial charge in [0.05, 0.1) is 19.1 Å². The summed E-state index contributed by atoms with van der Waals surface area (Å²) in [4.78, 5) is 19.5. The normalized spacial score (nSPS) is 11.1. The third-order valence-corrected chi connectivity index (χ3v) is 5.49. The molecule has 1 heterocycles. The molecule has 0 fully saturated rings. The lowest BCUT2D eigenvalue weighted by molar-refractivity contribution is -0.106. The van der Waals surface area contributed by atoms with E-state index in [1.807, 2.05) is 26.0 Å². The lowest BCUT2D eigenvalue weighted by Gasteiger charge is -2.25. The zero-order chi connectivity index (χ0) is 21.4. The van der Waals surface area contributed by atoms with Gasteiger partial charge in [0.2, 0.25) is 6.41 Å². The minimum Gasteiger partial charge on any atom is -0.493 e. The van der Waals surface area contributed by atoms with E-state index in [-0.39, 0.29) is 17.1 Å². The Morgan fingerprint density at radius 3 is 2.43 bits per heavy atom. The maximum atomic E-state index is 12.6. The van der Waals surface area contributed by atoms with Crippen molar-refractivity contribution in [2.45, 2.75) is 31.1 Å². The average molecular weight is 411 g/mol. The molecule has 5 N–H and O–H groups in total. The first-order valence-corrected chi connectivity index (χ1v) is 9.96. The van der Waals surface area contributed by atoms with Gasteiger partial charge >= 0.3 is 6.03 Å². The molecule has 154 valence electrons. The van der Waals surface area contributed by atoms with Crippen LogP contribution in [0.2, 0.25) is 0 Å². The average Bonchev–Trinajstić information content (AvgIpc) is 3.17. The molecule has 0 aliphatic heterocycles. The number of rotatable bonds is 7. The summed E-state index contributed by atoms with van der Waals surface area (Å²) in [5.74, 6) is -0.363. The van der Waals surface area contributed by atoms with Crippen LogP contribution in [0.5, 0.6) is 5.75 Å². The highest BCUT2D eigenvalue weighted by molar-refractivity contribution is 7.91. The molecule has 2 aromatic rings. The molecule has 10 heteroatoms. The molecule has 28 heavy (non-hydrogen) atoms. The molecule has 3 amide bonds. The molecular weight excluding hydrogens is 386 g/mol. The van der Waals surface area contributed by atoms with Crippen molar-refractivity contribution in [2.24, 2.45) is 11.5 Å². The molecule has 0 spiro atoms. The number of nitrogens with one attached hydrogen (secondary N) is 1. The van der Waals surface area contributed by atoms with Crippen LogP contribution in [0.15, 0.2) is 46.1 Å². The van der Waals surface area contributed by atoms with Crippen LogP contribution in [-0.4, -0.2) is 33.3 Å². The Hall–Kier alpha value is -3.01. The second-order valence-corrected chi connectivity index (χ2v) is 8.13. The van der Waals surface area contributed by atoms with Gasteiger partial charge in [-0.3, -0.25) is 4.79 Å². The fraction of sp³-hybridized carbons (Fsp3) is 0.333. The smallest absolute Gasteiger partial charge is 0.313 e. The topological polar surface area (TPSA) is 155 Å². The fourth-order valence-corrected chi connectivity index (χ4v) is 3.67. The summed E-state index contributed by atoms with van der Waals surface area (Å²) in [5.41, 5.74) is 10.4. The predicted molar refractivity (Wildman–Crippen MR) is 103 cm³/mol. The number of furan rings is 1. The molecule has 0 aliphatic rings. The first kappa shape index (κ1) is 23.0. The molecule has 0 atom stereocenters. The lowest BCUT2D eigenvalue weighted by Crippen LogP contribution is -2.34. The highest BCUT2D eigenvalue weighted by Crippen LogP contribution is 2.36. The first-order valence-electron chi connectivity index (χ1n) is 8.31. The molecule has 0 unspecified atom stereocenters. The summed E-state index contributed by atoms with van der Waals surface area (Å²) < 4.78 is 35.8. The van der Waals surface area contributed by atoms with Crippen LogP contribution in [0.25, 0.3) is 0 Å². The van der Waals surface area contributed by atoms with E-state index in [9.17, 15) is 13.2 Å². The van der Waals surface area contributed by atoms with E-state index >= 15 is 0 Å². The van der Waals surface area contributed by atoms with Gasteiger partial charge < -0.3 is 25.9 Å². The Morgan fingerprint density at radius 2 is 1.93 bits per heavy atom. The molecule has 9 nitrogen and oxygen atoms in total. The fourth-order valence-electron chi connectivity index (χ4n) is 2.45. The quantitative estimate of drug-likeness (QED) is 0.587. The van der Waals surface area contributed by atoms with Crippen molar-refractivity contribution in [3.63, 3.8) is 0 Å². The number of carbonyl (C=O) groups excluding carboxylic acids is 2. The van der Waals surface area contributed by atoms with Crippen molar-refractivity contribution >= 4 is 22.3 Å². The molecule has 1 aromatic carbocycles. The van der Waals surface area contributed by atoms with Crippen molar-refractivity contribution in [3.05, 3.63) is 47.9 Å². The highest BCUT2D eigenvalue weighted by Gasteiger charge is 2.28. The number of amides is 3. The summed E-state index contributed by atoms with van der Waals surface area (Å²) in [6.07, 6.45) is 3.44. The van der Waals surface area contributed by atoms with Gasteiger partial charge in [-0.2, -0.15) is 0 Å². The number of nitrogens with two attached hydrogens (primary N) is 2. The van der Waals surface area contributed by atoms with Gasteiger partial charge in [-0.1, -0.05) is 19.9 Å². The Labute approximate surface area is 163 Å². The largest absolute Gasteiger partial charge is 0.493 e. The molecule has 0 radical (unpaired) electrons. The van der Waals surface area contributed by atoms with E-state index in [1.165, 1.54) is 0 Å². The number of carbonyl (C=O) groups is 2. The van der Waals surface area contributed by atoms with E-state index in [2.05, 4.69) is 11.1 Å². The summed E-state index contributed by atoms with van der Waals surface area (Å²) in [6.45, 7) is 6.01. The van der Waals surface area contributed by atoms with Crippen LogP contribution in [0, 0.1) is 0 Å². The van der Waals surface area contributed by atoms with Crippen LogP contribution >= 0.6 is 0 Å². The number of urea groups is 1. The van der Waals surface area contributed by atoms with Gasteiger partial charge in [0.1, 0.15) is 16.5 Å². The zero-order valence-electron chi connectivity index (χ0n) is 16.0. The molecule has 0 saturated heterocycles. The molecule has 0 bridgehead atoms. The SMILES string of the molecule is CCOc1ccc(C(C)(C)c2ccoc2)cc1S(=O)(=O)CNC(N)=O.NC=O. The predicted octanol–water partition coefficient (Wildman–Crippen LogP) is 1.51. The maximum Gasteiger partial charge on any atom is 0.313 e. The van der Waals surface area contributed by atoms with Gasteiger partial charge in [0.15, 0.2) is 9.84 Å². The van der Waals surface area contributed by atoms with E-state index < -0.39 is 27.2 Å². The Bertz CT molecular complexity index is 892. The van der Waals surface area contributed by atoms with Crippen LogP contribution < -0.4 is 21.5 Å². The van der Waals surface area contributed by atoms with Crippen molar-refractivity contribution in [2.75, 3.05) is 12.5 Å². The van der Waals surface area contributed by atoms with Crippen molar-refractivity contribution in [1.82, 2.24) is 5.32 Å². The van der Waals surface area contributed by atoms with Crippen LogP contribution in [0.3, 0.4) is 0 Å². The summed E-state index contributed by atoms with van der Waals surface area (Å²) in [7, 11) is -3.82. The molecule has 1 aromatic heterocycles. The number of sulfone groups is 1. The number of benzene rings is 1. The Balaban J connectivity index is 0.00000122. The van der Waals surface area contributed by atoms with Crippen molar-refractivity contribution < 1.29 is 27.2 Å². The number of ether oxygens (including phenoxy) is 1. The standard InChI is InChI=1S/C17H22N2O5S.CH3NO/c1-4-24-14-6-5-12(17(2,3)13-7-8-23-10-13)9-15(14)25(21,22)11-19-16(18)20;2-1-3/h5-10H,4,11H2,1-3H3,(H3,18,19,20);1H,(H2,2,3). The number of hydrogen-bond donors (Lipinski definition) is 3. The van der Waals surface area contributed by atoms with Gasteiger partial charge in [0, 0.05) is 11.0 Å². The molecule has 0 saturated carbocycles. The summed E-state index contributed by atoms with van der Waals surface area (Å²) in [5, 5.41) is 2.12. The minimum atomic E-state index is -3.82. The van der Waals surface area contributed by atoms with Crippen LogP contribution in [0.4, 0.5) is 4.79 Å². The van der Waals surface area contributed by atoms with Crippen molar-refractivity contribution in [3.8, 4) is 5.75 Å². The second-order valence-electron chi connectivity index (χ2n) is 6.17.